The maximum absolute atomic E-state index is 11.3. The van der Waals surface area contributed by atoms with E-state index >= 15 is 0 Å². The van der Waals surface area contributed by atoms with Crippen molar-refractivity contribution in [3.8, 4) is 0 Å². The summed E-state index contributed by atoms with van der Waals surface area (Å²) in [5.74, 6) is 0. The number of nitrogens with zero attached hydrogens (tertiary/aromatic N) is 2. The van der Waals surface area contributed by atoms with Crippen molar-refractivity contribution in [3.63, 3.8) is 0 Å². The third-order valence-corrected chi connectivity index (χ3v) is 4.12. The third-order valence-electron chi connectivity index (χ3n) is 1.79. The quantitative estimate of drug-likeness (QED) is 0.266. The molecule has 0 aliphatic heterocycles. The molecule has 0 unspecified atom stereocenters. The molecule has 0 atom stereocenters. The number of rotatable bonds is 3. The van der Waals surface area contributed by atoms with Crippen molar-refractivity contribution in [1.29, 1.82) is 0 Å². The minimum atomic E-state index is -4.67. The van der Waals surface area contributed by atoms with Crippen LogP contribution in [0.4, 0.5) is 0 Å². The normalized spacial score (nSPS) is 10.1. The van der Waals surface area contributed by atoms with Crippen molar-refractivity contribution in [2.24, 2.45) is 0 Å². The molecule has 0 saturated heterocycles. The van der Waals surface area contributed by atoms with Crippen LogP contribution in [0, 0.1) is 10.4 Å². The molecule has 2 heterocycles. The van der Waals surface area contributed by atoms with Crippen molar-refractivity contribution in [2.75, 3.05) is 0 Å². The first-order valence-electron chi connectivity index (χ1n) is 5.18. The fourth-order valence-electron chi connectivity index (χ4n) is 1.04. The molecule has 0 radical (unpaired) electrons. The van der Waals surface area contributed by atoms with Gasteiger partial charge in [-0.1, -0.05) is 0 Å². The predicted molar refractivity (Wildman–Crippen MR) is 84.7 cm³/mol. The molecule has 2 aromatic heterocycles. The smallest absolute Gasteiger partial charge is 1.00 e. The van der Waals surface area contributed by atoms with Gasteiger partial charge in [0.15, 0.2) is 12.4 Å². The van der Waals surface area contributed by atoms with Crippen LogP contribution in [0.5, 0.6) is 0 Å². The zero-order valence-corrected chi connectivity index (χ0v) is 14.8. The molecule has 0 saturated carbocycles. The molecule has 0 bridgehead atoms. The second kappa shape index (κ2) is 10.1. The van der Waals surface area contributed by atoms with Gasteiger partial charge in [-0.05, 0) is 12.1 Å². The first kappa shape index (κ1) is 21.2. The number of aromatic nitrogens is 2. The summed E-state index contributed by atoms with van der Waals surface area (Å²) in [6, 6.07) is 10.3. The molecule has 8 nitrogen and oxygen atoms in total. The zero-order valence-electron chi connectivity index (χ0n) is 13.0. The van der Waals surface area contributed by atoms with Crippen molar-refractivity contribution in [2.45, 2.75) is 10.1 Å². The van der Waals surface area contributed by atoms with Crippen LogP contribution in [0.3, 0.4) is 0 Å². The molecule has 2 aromatic rings. The molecule has 12 heteroatoms. The molecule has 0 amide bonds. The molecule has 22 heavy (non-hydrogen) atoms. The third kappa shape index (κ3) is 9.29. The van der Waals surface area contributed by atoms with E-state index in [2.05, 4.69) is 0 Å². The van der Waals surface area contributed by atoms with Crippen LogP contribution in [-0.4, -0.2) is 40.6 Å². The molecule has 0 fully saturated rings. The Morgan fingerprint density at radius 3 is 1.50 bits per heavy atom. The van der Waals surface area contributed by atoms with E-state index in [0.29, 0.717) is 10.1 Å². The summed E-state index contributed by atoms with van der Waals surface area (Å²) in [7, 11) is -2.15. The Hall–Kier alpha value is -0.764. The average molecular weight is 377 g/mol. The number of pyridine rings is 2. The van der Waals surface area contributed by atoms with E-state index in [1.54, 1.807) is 36.4 Å². The zero-order chi connectivity index (χ0) is 15.9. The van der Waals surface area contributed by atoms with Gasteiger partial charge in [0.25, 0.3) is 10.1 Å². The summed E-state index contributed by atoms with van der Waals surface area (Å²) in [6.07, 6.45) is 2.86. The molecular weight excluding hydrogens is 365 g/mol. The van der Waals surface area contributed by atoms with Crippen molar-refractivity contribution in [3.05, 3.63) is 59.2 Å². The Bertz CT molecular complexity index is 657. The fraction of sp³-hybridized carbons (Fsp3) is 0. The van der Waals surface area contributed by atoms with Gasteiger partial charge in [-0.3, -0.25) is 9.11 Å². The molecule has 0 aromatic carbocycles. The number of hydrogen-bond donors (Lipinski definition) is 2. The Labute approximate surface area is 153 Å². The van der Waals surface area contributed by atoms with E-state index in [1.165, 1.54) is 34.0 Å². The van der Waals surface area contributed by atoms with Crippen molar-refractivity contribution >= 4 is 55.0 Å². The summed E-state index contributed by atoms with van der Waals surface area (Å²) >= 11 is 0. The number of hydrogen-bond acceptors (Lipinski definition) is 6. The van der Waals surface area contributed by atoms with Gasteiger partial charge in [0.05, 0.1) is 0 Å². The summed E-state index contributed by atoms with van der Waals surface area (Å²) in [6.45, 7) is 0. The van der Waals surface area contributed by atoms with E-state index in [1.807, 2.05) is 0 Å². The molecule has 0 spiro atoms. The Balaban J connectivity index is -0.000000490. The summed E-state index contributed by atoms with van der Waals surface area (Å²) in [5, 5.41) is 23.8. The van der Waals surface area contributed by atoms with E-state index in [9.17, 15) is 10.4 Å². The predicted octanol–water partition coefficient (Wildman–Crippen LogP) is 0.944. The molecule has 2 N–H and O–H groups in total. The van der Waals surface area contributed by atoms with Crippen LogP contribution < -0.4 is 9.46 Å². The van der Waals surface area contributed by atoms with Gasteiger partial charge in [0.1, 0.15) is 0 Å². The van der Waals surface area contributed by atoms with Gasteiger partial charge >= 0.3 is 33.5 Å². The summed E-state index contributed by atoms with van der Waals surface area (Å²) < 4.78 is 33.1. The van der Waals surface area contributed by atoms with Crippen LogP contribution in [0.1, 0.15) is 2.85 Å². The average Bonchev–Trinajstić information content (AvgIpc) is 2.37. The minimum Gasteiger partial charge on any atom is -1.00 e. The van der Waals surface area contributed by atoms with Crippen LogP contribution >= 0.6 is 21.6 Å². The molecule has 0 aliphatic carbocycles. The van der Waals surface area contributed by atoms with Crippen LogP contribution in [-0.2, 0) is 10.4 Å². The van der Waals surface area contributed by atoms with Crippen LogP contribution in [0.2, 0.25) is 0 Å². The second-order valence-corrected chi connectivity index (χ2v) is 6.41. The topological polar surface area (TPSA) is 128 Å². The van der Waals surface area contributed by atoms with E-state index in [0.717, 1.165) is 9.46 Å². The van der Waals surface area contributed by atoms with E-state index in [-0.39, 0.29) is 25.9 Å². The Kier molecular flexibility index (Phi) is 9.74. The van der Waals surface area contributed by atoms with Gasteiger partial charge in [-0.25, -0.2) is 0 Å². The maximum atomic E-state index is 11.3. The monoisotopic (exact) mass is 376 g/mol. The molecule has 0 aliphatic rings. The molecule has 118 valence electrons. The SMILES string of the molecule is O=S(=O)(O)O.[H-].[H-].[Mg+2].[O-][n+]1ccccc1SSc1cccc[n+]1[O-]. The van der Waals surface area contributed by atoms with Crippen molar-refractivity contribution < 1.29 is 29.8 Å². The molecule has 2 rings (SSSR count). The largest absolute Gasteiger partial charge is 2.00 e. The standard InChI is InChI=1S/C10H8N2O2S2.Mg.H2O4S.2H/c13-11-7-3-1-5-9(11)15-16-10-6-2-4-8-12(10)14;;1-5(2,3)4;;/h1-8H;;(H2,1,2,3,4);;/q;+2;;2*-1. The second-order valence-electron chi connectivity index (χ2n) is 3.34. The van der Waals surface area contributed by atoms with Gasteiger partial charge in [0, 0.05) is 45.9 Å². The van der Waals surface area contributed by atoms with E-state index in [4.69, 9.17) is 17.5 Å². The van der Waals surface area contributed by atoms with Gasteiger partial charge in [-0.15, -0.1) is 0 Å². The van der Waals surface area contributed by atoms with Gasteiger partial charge in [-0.2, -0.15) is 17.9 Å². The molecular formula is C10H12MgN2O6S3. The first-order chi connectivity index (χ1) is 9.77. The fourth-order valence-corrected chi connectivity index (χ4v) is 3.03. The maximum Gasteiger partial charge on any atom is 2.00 e. The Morgan fingerprint density at radius 1 is 0.909 bits per heavy atom. The minimum absolute atomic E-state index is 0. The summed E-state index contributed by atoms with van der Waals surface area (Å²) in [4.78, 5) is 0. The van der Waals surface area contributed by atoms with Gasteiger partial charge in [0.2, 0.25) is 0 Å². The summed E-state index contributed by atoms with van der Waals surface area (Å²) in [5.41, 5.74) is 0. The first-order valence-corrected chi connectivity index (χ1v) is 8.73. The van der Waals surface area contributed by atoms with Gasteiger partial charge < -0.3 is 13.3 Å². The van der Waals surface area contributed by atoms with Crippen molar-refractivity contribution in [1.82, 2.24) is 0 Å². The van der Waals surface area contributed by atoms with Crippen LogP contribution in [0.15, 0.2) is 58.8 Å². The van der Waals surface area contributed by atoms with Crippen LogP contribution in [0.25, 0.3) is 0 Å². The Morgan fingerprint density at radius 2 is 1.23 bits per heavy atom. The van der Waals surface area contributed by atoms with E-state index < -0.39 is 10.4 Å².